The molecule has 0 spiro atoms. The first-order valence-electron chi connectivity index (χ1n) is 3.59. The van der Waals surface area contributed by atoms with E-state index in [1.165, 1.54) is 13.0 Å². The largest absolute Gasteiger partial charge is 0.480 e. The van der Waals surface area contributed by atoms with Gasteiger partial charge in [0.25, 0.3) is 0 Å². The molecular formula is C8H9FN2O2. The molecule has 3 N–H and O–H groups in total. The number of rotatable bonds is 2. The van der Waals surface area contributed by atoms with Gasteiger partial charge in [0.15, 0.2) is 0 Å². The lowest BCUT2D eigenvalue weighted by molar-refractivity contribution is -0.143. The third kappa shape index (κ3) is 1.81. The van der Waals surface area contributed by atoms with E-state index in [2.05, 4.69) is 4.98 Å². The zero-order valence-electron chi connectivity index (χ0n) is 6.99. The van der Waals surface area contributed by atoms with Crippen LogP contribution in [-0.4, -0.2) is 16.1 Å². The van der Waals surface area contributed by atoms with E-state index in [0.29, 0.717) is 0 Å². The molecule has 70 valence electrons. The van der Waals surface area contributed by atoms with Crippen LogP contribution in [0.25, 0.3) is 0 Å². The van der Waals surface area contributed by atoms with Gasteiger partial charge in [-0.05, 0) is 13.0 Å². The average Bonchev–Trinajstić information content (AvgIpc) is 2.04. The molecular weight excluding hydrogens is 175 g/mol. The van der Waals surface area contributed by atoms with E-state index >= 15 is 0 Å². The fourth-order valence-electron chi connectivity index (χ4n) is 0.806. The van der Waals surface area contributed by atoms with Crippen molar-refractivity contribution in [3.8, 4) is 0 Å². The molecule has 0 aliphatic heterocycles. The first-order chi connectivity index (χ1) is 5.94. The van der Waals surface area contributed by atoms with Crippen molar-refractivity contribution >= 4 is 5.97 Å². The SMILES string of the molecule is C[C@](N)(C(=O)O)c1ccc(F)nc1. The molecule has 13 heavy (non-hydrogen) atoms. The first-order valence-corrected chi connectivity index (χ1v) is 3.59. The standard InChI is InChI=1S/C8H9FN2O2/c1-8(10,7(12)13)5-2-3-6(9)11-4-5/h2-4H,10H2,1H3,(H,12,13)/t8-/m1/s1. The number of carboxylic acid groups (broad SMARTS) is 1. The summed E-state index contributed by atoms with van der Waals surface area (Å²) in [6, 6.07) is 2.37. The number of nitrogens with two attached hydrogens (primary N) is 1. The topological polar surface area (TPSA) is 76.2 Å². The van der Waals surface area contributed by atoms with Gasteiger partial charge in [0, 0.05) is 11.8 Å². The Morgan fingerprint density at radius 2 is 2.31 bits per heavy atom. The summed E-state index contributed by atoms with van der Waals surface area (Å²) in [7, 11) is 0. The highest BCUT2D eigenvalue weighted by Gasteiger charge is 2.30. The van der Waals surface area contributed by atoms with Crippen LogP contribution in [0.1, 0.15) is 12.5 Å². The quantitative estimate of drug-likeness (QED) is 0.655. The molecule has 0 aromatic carbocycles. The third-order valence-electron chi connectivity index (χ3n) is 1.77. The van der Waals surface area contributed by atoms with Crippen LogP contribution in [0.3, 0.4) is 0 Å². The van der Waals surface area contributed by atoms with Gasteiger partial charge in [0.2, 0.25) is 5.95 Å². The normalized spacial score (nSPS) is 15.0. The van der Waals surface area contributed by atoms with Crippen molar-refractivity contribution in [3.63, 3.8) is 0 Å². The molecule has 0 aliphatic carbocycles. The monoisotopic (exact) mass is 184 g/mol. The van der Waals surface area contributed by atoms with E-state index in [1.54, 1.807) is 0 Å². The Hall–Kier alpha value is -1.49. The van der Waals surface area contributed by atoms with Crippen molar-refractivity contribution in [3.05, 3.63) is 29.8 Å². The second-order valence-electron chi connectivity index (χ2n) is 2.88. The molecule has 0 unspecified atom stereocenters. The summed E-state index contributed by atoms with van der Waals surface area (Å²) in [5, 5.41) is 8.72. The van der Waals surface area contributed by atoms with Gasteiger partial charge in [-0.2, -0.15) is 4.39 Å². The Bertz CT molecular complexity index is 321. The fourth-order valence-corrected chi connectivity index (χ4v) is 0.806. The van der Waals surface area contributed by atoms with Crippen LogP contribution in [0.15, 0.2) is 18.3 Å². The number of aromatic nitrogens is 1. The lowest BCUT2D eigenvalue weighted by Crippen LogP contribution is -2.41. The van der Waals surface area contributed by atoms with Crippen LogP contribution in [0, 0.1) is 5.95 Å². The number of aliphatic carboxylic acids is 1. The van der Waals surface area contributed by atoms with Gasteiger partial charge in [0.1, 0.15) is 5.54 Å². The Balaban J connectivity index is 3.08. The molecule has 1 heterocycles. The highest BCUT2D eigenvalue weighted by molar-refractivity contribution is 5.79. The number of pyridine rings is 1. The first kappa shape index (κ1) is 9.60. The molecule has 0 radical (unpaired) electrons. The van der Waals surface area contributed by atoms with Gasteiger partial charge in [0.05, 0.1) is 0 Å². The van der Waals surface area contributed by atoms with E-state index in [-0.39, 0.29) is 5.56 Å². The van der Waals surface area contributed by atoms with Gasteiger partial charge in [-0.1, -0.05) is 6.07 Å². The summed E-state index contributed by atoms with van der Waals surface area (Å²) in [5.74, 6) is -1.84. The van der Waals surface area contributed by atoms with Crippen LogP contribution in [0.5, 0.6) is 0 Å². The van der Waals surface area contributed by atoms with Crippen LogP contribution >= 0.6 is 0 Å². The molecule has 0 bridgehead atoms. The summed E-state index contributed by atoms with van der Waals surface area (Å²) >= 11 is 0. The van der Waals surface area contributed by atoms with Gasteiger partial charge >= 0.3 is 5.97 Å². The lowest BCUT2D eigenvalue weighted by Gasteiger charge is -2.18. The minimum atomic E-state index is -1.53. The smallest absolute Gasteiger partial charge is 0.328 e. The fraction of sp³-hybridized carbons (Fsp3) is 0.250. The summed E-state index contributed by atoms with van der Waals surface area (Å²) in [6.45, 7) is 1.32. The predicted molar refractivity (Wildman–Crippen MR) is 43.4 cm³/mol. The maximum absolute atomic E-state index is 12.4. The maximum atomic E-state index is 12.4. The maximum Gasteiger partial charge on any atom is 0.328 e. The molecule has 0 saturated heterocycles. The molecule has 0 fully saturated rings. The van der Waals surface area contributed by atoms with Crippen molar-refractivity contribution in [1.29, 1.82) is 0 Å². The van der Waals surface area contributed by atoms with Crippen molar-refractivity contribution in [2.24, 2.45) is 5.73 Å². The van der Waals surface area contributed by atoms with Gasteiger partial charge in [-0.25, -0.2) is 9.78 Å². The molecule has 0 amide bonds. The zero-order chi connectivity index (χ0) is 10.1. The Labute approximate surface area is 74.2 Å². The van der Waals surface area contributed by atoms with Gasteiger partial charge < -0.3 is 10.8 Å². The Kier molecular flexibility index (Phi) is 2.29. The molecule has 1 rings (SSSR count). The highest BCUT2D eigenvalue weighted by Crippen LogP contribution is 2.16. The number of hydrogen-bond acceptors (Lipinski definition) is 3. The van der Waals surface area contributed by atoms with Crippen molar-refractivity contribution < 1.29 is 14.3 Å². The van der Waals surface area contributed by atoms with E-state index in [1.807, 2.05) is 0 Å². The molecule has 0 aliphatic rings. The average molecular weight is 184 g/mol. The van der Waals surface area contributed by atoms with Gasteiger partial charge in [-0.15, -0.1) is 0 Å². The summed E-state index contributed by atoms with van der Waals surface area (Å²) in [6.07, 6.45) is 1.11. The summed E-state index contributed by atoms with van der Waals surface area (Å²) in [4.78, 5) is 14.0. The molecule has 5 heteroatoms. The molecule has 1 aromatic heterocycles. The second-order valence-corrected chi connectivity index (χ2v) is 2.88. The minimum Gasteiger partial charge on any atom is -0.480 e. The van der Waals surface area contributed by atoms with Crippen LogP contribution in [0.2, 0.25) is 0 Å². The van der Waals surface area contributed by atoms with Crippen molar-refractivity contribution in [2.45, 2.75) is 12.5 Å². The molecule has 0 saturated carbocycles. The van der Waals surface area contributed by atoms with Gasteiger partial charge in [-0.3, -0.25) is 0 Å². The van der Waals surface area contributed by atoms with Crippen molar-refractivity contribution in [1.82, 2.24) is 4.98 Å². The van der Waals surface area contributed by atoms with Crippen LogP contribution in [0.4, 0.5) is 4.39 Å². The number of halogens is 1. The van der Waals surface area contributed by atoms with Crippen molar-refractivity contribution in [2.75, 3.05) is 0 Å². The highest BCUT2D eigenvalue weighted by atomic mass is 19.1. The lowest BCUT2D eigenvalue weighted by atomic mass is 9.95. The number of hydrogen-bond donors (Lipinski definition) is 2. The van der Waals surface area contributed by atoms with E-state index in [4.69, 9.17) is 10.8 Å². The molecule has 1 atom stereocenters. The second kappa shape index (κ2) is 3.10. The van der Waals surface area contributed by atoms with E-state index < -0.39 is 17.5 Å². The summed E-state index contributed by atoms with van der Waals surface area (Å²) < 4.78 is 12.4. The third-order valence-corrected chi connectivity index (χ3v) is 1.77. The minimum absolute atomic E-state index is 0.265. The van der Waals surface area contributed by atoms with E-state index in [0.717, 1.165) is 12.3 Å². The number of carbonyl (C=O) groups is 1. The van der Waals surface area contributed by atoms with Crippen LogP contribution < -0.4 is 5.73 Å². The van der Waals surface area contributed by atoms with E-state index in [9.17, 15) is 9.18 Å². The predicted octanol–water partition coefficient (Wildman–Crippen LogP) is 0.479. The Morgan fingerprint density at radius 1 is 1.69 bits per heavy atom. The van der Waals surface area contributed by atoms with Crippen LogP contribution in [-0.2, 0) is 10.3 Å². The number of nitrogens with zero attached hydrogens (tertiary/aromatic N) is 1. The zero-order valence-corrected chi connectivity index (χ0v) is 6.99. The molecule has 4 nitrogen and oxygen atoms in total. The molecule has 1 aromatic rings. The summed E-state index contributed by atoms with van der Waals surface area (Å²) in [5.41, 5.74) is 4.21. The Morgan fingerprint density at radius 3 is 2.69 bits per heavy atom. The number of carboxylic acids is 1.